The molecule has 1 fully saturated rings. The highest BCUT2D eigenvalue weighted by Crippen LogP contribution is 2.31. The minimum Gasteiger partial charge on any atom is -0.467 e. The SMILES string of the molecule is COC(=O)COC(C)(C)C(=O)NC1CCN(c2cccc(Oc3ccc(C(F)(F)F)nc3)c2)C1. The molecule has 1 aliphatic rings. The maximum Gasteiger partial charge on any atom is 0.433 e. The number of hydrogen-bond donors (Lipinski definition) is 1. The van der Waals surface area contributed by atoms with Crippen molar-refractivity contribution in [2.75, 3.05) is 31.7 Å². The molecule has 1 aromatic heterocycles. The Balaban J connectivity index is 1.57. The number of carbonyl (C=O) groups is 2. The summed E-state index contributed by atoms with van der Waals surface area (Å²) in [5.41, 5.74) is -1.35. The molecule has 0 saturated carbocycles. The molecule has 1 saturated heterocycles. The van der Waals surface area contributed by atoms with E-state index in [0.717, 1.165) is 18.0 Å². The summed E-state index contributed by atoms with van der Waals surface area (Å²) >= 11 is 0. The number of nitrogens with one attached hydrogen (secondary N) is 1. The van der Waals surface area contributed by atoms with Gasteiger partial charge in [0.2, 0.25) is 0 Å². The van der Waals surface area contributed by atoms with Crippen LogP contribution in [0.1, 0.15) is 26.0 Å². The van der Waals surface area contributed by atoms with Crippen LogP contribution in [-0.4, -0.2) is 55.3 Å². The second-order valence-corrected chi connectivity index (χ2v) is 8.26. The molecule has 0 radical (unpaired) electrons. The van der Waals surface area contributed by atoms with Crippen LogP contribution in [0.3, 0.4) is 0 Å². The predicted octanol–water partition coefficient (Wildman–Crippen LogP) is 3.56. The molecule has 0 bridgehead atoms. The Labute approximate surface area is 195 Å². The number of rotatable bonds is 8. The Morgan fingerprint density at radius 2 is 1.94 bits per heavy atom. The number of aromatic nitrogens is 1. The molecule has 3 rings (SSSR count). The zero-order valence-electron chi connectivity index (χ0n) is 19.0. The number of alkyl halides is 3. The number of ether oxygens (including phenoxy) is 3. The van der Waals surface area contributed by atoms with E-state index in [4.69, 9.17) is 9.47 Å². The second kappa shape index (κ2) is 10.3. The fourth-order valence-electron chi connectivity index (χ4n) is 3.32. The lowest BCUT2D eigenvalue weighted by atomic mass is 10.1. The Morgan fingerprint density at radius 3 is 2.59 bits per heavy atom. The van der Waals surface area contributed by atoms with E-state index in [-0.39, 0.29) is 24.3 Å². The lowest BCUT2D eigenvalue weighted by Gasteiger charge is -2.26. The van der Waals surface area contributed by atoms with E-state index in [1.54, 1.807) is 32.0 Å². The quantitative estimate of drug-likeness (QED) is 0.577. The van der Waals surface area contributed by atoms with E-state index in [0.29, 0.717) is 25.3 Å². The molecule has 1 N–H and O–H groups in total. The molecule has 184 valence electrons. The number of pyridine rings is 1. The molecule has 1 aliphatic heterocycles. The fraction of sp³-hybridized carbons (Fsp3) is 0.435. The fourth-order valence-corrected chi connectivity index (χ4v) is 3.32. The summed E-state index contributed by atoms with van der Waals surface area (Å²) in [4.78, 5) is 29.3. The third-order valence-corrected chi connectivity index (χ3v) is 5.29. The summed E-state index contributed by atoms with van der Waals surface area (Å²) in [5, 5.41) is 2.94. The van der Waals surface area contributed by atoms with E-state index in [9.17, 15) is 22.8 Å². The van der Waals surface area contributed by atoms with Crippen LogP contribution in [0.4, 0.5) is 18.9 Å². The minimum absolute atomic E-state index is 0.128. The van der Waals surface area contributed by atoms with E-state index >= 15 is 0 Å². The average Bonchev–Trinajstić information content (AvgIpc) is 3.26. The van der Waals surface area contributed by atoms with Crippen LogP contribution in [0, 0.1) is 0 Å². The van der Waals surface area contributed by atoms with Crippen LogP contribution >= 0.6 is 0 Å². The highest BCUT2D eigenvalue weighted by molar-refractivity contribution is 5.85. The zero-order chi connectivity index (χ0) is 24.9. The Kier molecular flexibility index (Phi) is 7.65. The predicted molar refractivity (Wildman–Crippen MR) is 117 cm³/mol. The van der Waals surface area contributed by atoms with Gasteiger partial charge in [0.25, 0.3) is 5.91 Å². The highest BCUT2D eigenvalue weighted by Gasteiger charge is 2.34. The van der Waals surface area contributed by atoms with Gasteiger partial charge in [-0.05, 0) is 44.5 Å². The van der Waals surface area contributed by atoms with Gasteiger partial charge in [-0.25, -0.2) is 9.78 Å². The molecule has 1 amide bonds. The maximum atomic E-state index is 12.7. The van der Waals surface area contributed by atoms with Crippen LogP contribution in [0.15, 0.2) is 42.6 Å². The molecule has 2 heterocycles. The Morgan fingerprint density at radius 1 is 1.18 bits per heavy atom. The van der Waals surface area contributed by atoms with Crippen molar-refractivity contribution in [2.24, 2.45) is 0 Å². The summed E-state index contributed by atoms with van der Waals surface area (Å²) in [6.07, 6.45) is -2.78. The lowest BCUT2D eigenvalue weighted by molar-refractivity contribution is -0.158. The van der Waals surface area contributed by atoms with Crippen molar-refractivity contribution < 1.29 is 37.0 Å². The first kappa shape index (κ1) is 25.3. The first-order chi connectivity index (χ1) is 16.0. The number of methoxy groups -OCH3 is 1. The van der Waals surface area contributed by atoms with Gasteiger partial charge in [0.05, 0.1) is 13.3 Å². The first-order valence-electron chi connectivity index (χ1n) is 10.6. The average molecular weight is 481 g/mol. The van der Waals surface area contributed by atoms with Crippen LogP contribution in [0.5, 0.6) is 11.5 Å². The third kappa shape index (κ3) is 6.60. The normalized spacial score (nSPS) is 16.3. The van der Waals surface area contributed by atoms with Gasteiger partial charge in [-0.1, -0.05) is 6.07 Å². The van der Waals surface area contributed by atoms with Crippen molar-refractivity contribution in [3.63, 3.8) is 0 Å². The van der Waals surface area contributed by atoms with Crippen LogP contribution in [0.2, 0.25) is 0 Å². The van der Waals surface area contributed by atoms with Crippen LogP contribution in [-0.2, 0) is 25.2 Å². The molecule has 2 aromatic rings. The monoisotopic (exact) mass is 481 g/mol. The van der Waals surface area contributed by atoms with Crippen molar-refractivity contribution in [1.29, 1.82) is 0 Å². The second-order valence-electron chi connectivity index (χ2n) is 8.26. The summed E-state index contributed by atoms with van der Waals surface area (Å²) in [7, 11) is 1.24. The first-order valence-corrected chi connectivity index (χ1v) is 10.6. The Hall–Kier alpha value is -3.34. The number of benzene rings is 1. The van der Waals surface area contributed by atoms with Gasteiger partial charge < -0.3 is 24.4 Å². The largest absolute Gasteiger partial charge is 0.467 e. The van der Waals surface area contributed by atoms with Gasteiger partial charge in [-0.2, -0.15) is 13.2 Å². The maximum absolute atomic E-state index is 12.7. The van der Waals surface area contributed by atoms with E-state index < -0.39 is 23.4 Å². The summed E-state index contributed by atoms with van der Waals surface area (Å²) in [6, 6.07) is 9.07. The molecule has 0 spiro atoms. The molecular formula is C23H26F3N3O5. The smallest absolute Gasteiger partial charge is 0.433 e. The van der Waals surface area contributed by atoms with Gasteiger partial charge in [0, 0.05) is 30.9 Å². The molecule has 1 unspecified atom stereocenters. The van der Waals surface area contributed by atoms with E-state index in [1.807, 2.05) is 6.07 Å². The van der Waals surface area contributed by atoms with Crippen molar-refractivity contribution >= 4 is 17.6 Å². The van der Waals surface area contributed by atoms with Crippen molar-refractivity contribution in [1.82, 2.24) is 10.3 Å². The molecule has 8 nitrogen and oxygen atoms in total. The van der Waals surface area contributed by atoms with Crippen molar-refractivity contribution in [3.8, 4) is 11.5 Å². The molecule has 34 heavy (non-hydrogen) atoms. The minimum atomic E-state index is -4.51. The topological polar surface area (TPSA) is 90.0 Å². The Bertz CT molecular complexity index is 1010. The van der Waals surface area contributed by atoms with E-state index in [2.05, 4.69) is 19.9 Å². The number of esters is 1. The highest BCUT2D eigenvalue weighted by atomic mass is 19.4. The van der Waals surface area contributed by atoms with Gasteiger partial charge in [0.15, 0.2) is 0 Å². The molecule has 0 aliphatic carbocycles. The summed E-state index contributed by atoms with van der Waals surface area (Å²) < 4.78 is 53.6. The number of halogens is 3. The zero-order valence-corrected chi connectivity index (χ0v) is 19.0. The van der Waals surface area contributed by atoms with E-state index in [1.165, 1.54) is 13.2 Å². The van der Waals surface area contributed by atoms with Gasteiger partial charge in [-0.15, -0.1) is 0 Å². The van der Waals surface area contributed by atoms with Crippen LogP contribution in [0.25, 0.3) is 0 Å². The van der Waals surface area contributed by atoms with Gasteiger partial charge in [0.1, 0.15) is 29.4 Å². The number of nitrogens with zero attached hydrogens (tertiary/aromatic N) is 2. The van der Waals surface area contributed by atoms with Crippen molar-refractivity contribution in [3.05, 3.63) is 48.3 Å². The van der Waals surface area contributed by atoms with Crippen LogP contribution < -0.4 is 15.0 Å². The number of anilines is 1. The summed E-state index contributed by atoms with van der Waals surface area (Å²) in [6.45, 7) is 4.06. The third-order valence-electron chi connectivity index (χ3n) is 5.29. The number of carbonyl (C=O) groups excluding carboxylic acids is 2. The number of hydrogen-bond acceptors (Lipinski definition) is 7. The molecule has 1 atom stereocenters. The lowest BCUT2D eigenvalue weighted by Crippen LogP contribution is -2.49. The van der Waals surface area contributed by atoms with Gasteiger partial charge >= 0.3 is 12.1 Å². The van der Waals surface area contributed by atoms with Crippen molar-refractivity contribution in [2.45, 2.75) is 38.1 Å². The molecule has 11 heteroatoms. The molecule has 1 aromatic carbocycles. The number of amides is 1. The summed E-state index contributed by atoms with van der Waals surface area (Å²) in [5.74, 6) is -0.271. The standard InChI is InChI=1S/C23H26F3N3O5/c1-22(2,33-14-20(30)32-3)21(31)28-15-9-10-29(13-15)16-5-4-6-17(11-16)34-18-7-8-19(27-12-18)23(24,25)26/h4-8,11-12,15H,9-10,13-14H2,1-3H3,(H,28,31). The van der Waals surface area contributed by atoms with Gasteiger partial charge in [-0.3, -0.25) is 4.79 Å². The molecular weight excluding hydrogens is 455 g/mol.